The number of rotatable bonds is 1. The summed E-state index contributed by atoms with van der Waals surface area (Å²) >= 11 is 0. The first-order valence-electron chi connectivity index (χ1n) is 3.59. The SMILES string of the molecule is OB(O)c1c(O)cccc1C(F)(F)F. The van der Waals surface area contributed by atoms with E-state index in [9.17, 15) is 13.2 Å². The maximum absolute atomic E-state index is 12.3. The molecule has 0 spiro atoms. The zero-order chi connectivity index (χ0) is 10.9. The van der Waals surface area contributed by atoms with E-state index in [4.69, 9.17) is 15.2 Å². The minimum Gasteiger partial charge on any atom is -0.508 e. The third kappa shape index (κ3) is 1.99. The zero-order valence-electron chi connectivity index (χ0n) is 6.78. The lowest BCUT2D eigenvalue weighted by Crippen LogP contribution is -2.36. The normalized spacial score (nSPS) is 11.5. The number of phenols is 1. The number of halogens is 3. The molecule has 0 amide bonds. The monoisotopic (exact) mass is 206 g/mol. The molecule has 0 saturated carbocycles. The van der Waals surface area contributed by atoms with Crippen LogP contribution in [0.5, 0.6) is 5.75 Å². The van der Waals surface area contributed by atoms with Crippen molar-refractivity contribution in [2.75, 3.05) is 0 Å². The number of benzene rings is 1. The fraction of sp³-hybridized carbons (Fsp3) is 0.143. The Morgan fingerprint density at radius 2 is 1.71 bits per heavy atom. The van der Waals surface area contributed by atoms with Crippen LogP contribution >= 0.6 is 0 Å². The fourth-order valence-electron chi connectivity index (χ4n) is 1.07. The van der Waals surface area contributed by atoms with Crippen LogP contribution in [0.1, 0.15) is 5.56 Å². The minimum absolute atomic E-state index is 0.661. The average molecular weight is 206 g/mol. The van der Waals surface area contributed by atoms with Crippen LogP contribution in [-0.4, -0.2) is 22.3 Å². The van der Waals surface area contributed by atoms with E-state index >= 15 is 0 Å². The van der Waals surface area contributed by atoms with E-state index in [-0.39, 0.29) is 0 Å². The third-order valence-corrected chi connectivity index (χ3v) is 1.65. The summed E-state index contributed by atoms with van der Waals surface area (Å²) in [5.41, 5.74) is -2.19. The van der Waals surface area contributed by atoms with E-state index in [2.05, 4.69) is 0 Å². The Morgan fingerprint density at radius 3 is 2.07 bits per heavy atom. The molecule has 0 aliphatic rings. The molecule has 3 nitrogen and oxygen atoms in total. The zero-order valence-corrected chi connectivity index (χ0v) is 6.78. The van der Waals surface area contributed by atoms with Gasteiger partial charge in [0.25, 0.3) is 0 Å². The Hall–Kier alpha value is -1.21. The van der Waals surface area contributed by atoms with Gasteiger partial charge in [-0.05, 0) is 6.07 Å². The number of phenolic OH excluding ortho intramolecular Hbond substituents is 1. The van der Waals surface area contributed by atoms with Gasteiger partial charge >= 0.3 is 13.3 Å². The van der Waals surface area contributed by atoms with Gasteiger partial charge in [0.2, 0.25) is 0 Å². The van der Waals surface area contributed by atoms with E-state index in [0.717, 1.165) is 12.1 Å². The molecule has 0 fully saturated rings. The molecule has 14 heavy (non-hydrogen) atoms. The van der Waals surface area contributed by atoms with Crippen LogP contribution in [0.15, 0.2) is 18.2 Å². The highest BCUT2D eigenvalue weighted by atomic mass is 19.4. The quantitative estimate of drug-likeness (QED) is 0.570. The molecule has 0 heterocycles. The molecule has 1 aromatic carbocycles. The van der Waals surface area contributed by atoms with Crippen LogP contribution < -0.4 is 5.46 Å². The van der Waals surface area contributed by atoms with Crippen molar-refractivity contribution < 1.29 is 28.3 Å². The summed E-state index contributed by atoms with van der Waals surface area (Å²) in [5.74, 6) is -0.796. The fourth-order valence-corrected chi connectivity index (χ4v) is 1.07. The molecule has 1 rings (SSSR count). The maximum Gasteiger partial charge on any atom is 0.492 e. The van der Waals surface area contributed by atoms with Crippen molar-refractivity contribution in [3.8, 4) is 5.75 Å². The number of hydrogen-bond donors (Lipinski definition) is 3. The Balaban J connectivity index is 3.36. The van der Waals surface area contributed by atoms with Gasteiger partial charge in [-0.3, -0.25) is 0 Å². The topological polar surface area (TPSA) is 60.7 Å². The van der Waals surface area contributed by atoms with Crippen molar-refractivity contribution in [2.45, 2.75) is 6.18 Å². The van der Waals surface area contributed by atoms with Crippen LogP contribution in [0.25, 0.3) is 0 Å². The van der Waals surface area contributed by atoms with Crippen molar-refractivity contribution in [3.63, 3.8) is 0 Å². The van der Waals surface area contributed by atoms with Gasteiger partial charge < -0.3 is 15.2 Å². The van der Waals surface area contributed by atoms with Crippen LogP contribution in [-0.2, 0) is 6.18 Å². The van der Waals surface area contributed by atoms with Gasteiger partial charge in [0.15, 0.2) is 0 Å². The van der Waals surface area contributed by atoms with Crippen LogP contribution in [0.3, 0.4) is 0 Å². The van der Waals surface area contributed by atoms with Gasteiger partial charge in [-0.15, -0.1) is 0 Å². The molecule has 1 aromatic rings. The third-order valence-electron chi connectivity index (χ3n) is 1.65. The summed E-state index contributed by atoms with van der Waals surface area (Å²) in [7, 11) is -2.35. The molecule has 0 unspecified atom stereocenters. The predicted octanol–water partition coefficient (Wildman–Crippen LogP) is 0.0908. The molecule has 0 aromatic heterocycles. The average Bonchev–Trinajstić information content (AvgIpc) is 2.01. The van der Waals surface area contributed by atoms with Gasteiger partial charge in [0.05, 0.1) is 5.56 Å². The molecule has 76 valence electrons. The van der Waals surface area contributed by atoms with Gasteiger partial charge in [-0.2, -0.15) is 13.2 Å². The molecule has 7 heteroatoms. The lowest BCUT2D eigenvalue weighted by molar-refractivity contribution is -0.137. The largest absolute Gasteiger partial charge is 0.508 e. The summed E-state index contributed by atoms with van der Waals surface area (Å²) in [5, 5.41) is 26.3. The number of hydrogen-bond acceptors (Lipinski definition) is 3. The lowest BCUT2D eigenvalue weighted by Gasteiger charge is -2.13. The standard InChI is InChI=1S/C7H6BF3O3/c9-7(10,11)4-2-1-3-5(12)6(4)8(13)14/h1-3,12-14H. The van der Waals surface area contributed by atoms with Crippen molar-refractivity contribution in [1.82, 2.24) is 0 Å². The second kappa shape index (κ2) is 3.51. The Morgan fingerprint density at radius 1 is 1.14 bits per heavy atom. The molecule has 0 aliphatic carbocycles. The Labute approximate surface area is 77.6 Å². The summed E-state index contributed by atoms with van der Waals surface area (Å²) in [6.07, 6.45) is -4.72. The van der Waals surface area contributed by atoms with Crippen molar-refractivity contribution in [3.05, 3.63) is 23.8 Å². The highest BCUT2D eigenvalue weighted by molar-refractivity contribution is 6.60. The molecule has 0 atom stereocenters. The summed E-state index contributed by atoms with van der Waals surface area (Å²) in [6, 6.07) is 2.59. The molecule has 3 N–H and O–H groups in total. The summed E-state index contributed by atoms with van der Waals surface area (Å²) in [6.45, 7) is 0. The van der Waals surface area contributed by atoms with E-state index in [1.807, 2.05) is 0 Å². The van der Waals surface area contributed by atoms with Crippen molar-refractivity contribution >= 4 is 12.6 Å². The van der Waals surface area contributed by atoms with Crippen LogP contribution in [0, 0.1) is 0 Å². The van der Waals surface area contributed by atoms with Crippen molar-refractivity contribution in [1.29, 1.82) is 0 Å². The van der Waals surface area contributed by atoms with Crippen molar-refractivity contribution in [2.24, 2.45) is 0 Å². The van der Waals surface area contributed by atoms with Gasteiger partial charge in [0, 0.05) is 5.46 Å². The molecular weight excluding hydrogens is 200 g/mol. The minimum atomic E-state index is -4.72. The first-order chi connectivity index (χ1) is 6.34. The second-order valence-corrected chi connectivity index (χ2v) is 2.61. The summed E-state index contributed by atoms with van der Waals surface area (Å²) in [4.78, 5) is 0. The first-order valence-corrected chi connectivity index (χ1v) is 3.59. The highest BCUT2D eigenvalue weighted by Crippen LogP contribution is 2.29. The van der Waals surface area contributed by atoms with Gasteiger partial charge in [-0.1, -0.05) is 12.1 Å². The van der Waals surface area contributed by atoms with Gasteiger partial charge in [-0.25, -0.2) is 0 Å². The molecule has 0 radical (unpaired) electrons. The molecule has 0 bridgehead atoms. The van der Waals surface area contributed by atoms with E-state index in [0.29, 0.717) is 6.07 Å². The summed E-state index contributed by atoms with van der Waals surface area (Å²) < 4.78 is 36.8. The van der Waals surface area contributed by atoms with E-state index < -0.39 is 30.1 Å². The smallest absolute Gasteiger partial charge is 0.492 e. The Kier molecular flexibility index (Phi) is 2.72. The number of aromatic hydroxyl groups is 1. The molecular formula is C7H6BF3O3. The van der Waals surface area contributed by atoms with Crippen LogP contribution in [0.4, 0.5) is 13.2 Å². The second-order valence-electron chi connectivity index (χ2n) is 2.61. The lowest BCUT2D eigenvalue weighted by atomic mass is 9.76. The van der Waals surface area contributed by atoms with E-state index in [1.54, 1.807) is 0 Å². The van der Waals surface area contributed by atoms with Gasteiger partial charge in [0.1, 0.15) is 5.75 Å². The number of alkyl halides is 3. The molecule has 0 aliphatic heterocycles. The van der Waals surface area contributed by atoms with Crippen LogP contribution in [0.2, 0.25) is 0 Å². The molecule has 0 saturated heterocycles. The predicted molar refractivity (Wildman–Crippen MR) is 42.9 cm³/mol. The Bertz CT molecular complexity index is 337. The van der Waals surface area contributed by atoms with E-state index in [1.165, 1.54) is 0 Å². The first kappa shape index (κ1) is 10.9. The maximum atomic E-state index is 12.3. The highest BCUT2D eigenvalue weighted by Gasteiger charge is 2.37.